The van der Waals surface area contributed by atoms with Gasteiger partial charge in [-0.25, -0.2) is 16.9 Å². The molecule has 2 aromatic rings. The molecule has 0 aromatic heterocycles. The zero-order chi connectivity index (χ0) is 27.1. The molecule has 2 aromatic carbocycles. The van der Waals surface area contributed by atoms with Gasteiger partial charge < -0.3 is 15.5 Å². The summed E-state index contributed by atoms with van der Waals surface area (Å²) in [5.41, 5.74) is 0.877. The Kier molecular flexibility index (Phi) is 10.5. The Hall–Kier alpha value is -2.40. The SMILES string of the molecule is C=S(=O)(c1ccc(O)cc1)N(CC(C)C)C[C@@H](O)[C@H](Cc1ccccc1)NC(=O)[C@H](C)CS(C)(=O)=O. The first kappa shape index (κ1) is 29.8. The third-order valence-electron chi connectivity index (χ3n) is 5.67. The van der Waals surface area contributed by atoms with Gasteiger partial charge in [0, 0.05) is 30.2 Å². The summed E-state index contributed by atoms with van der Waals surface area (Å²) in [6.07, 6.45) is 0.246. The third kappa shape index (κ3) is 9.24. The molecule has 8 nitrogen and oxygen atoms in total. The highest BCUT2D eigenvalue weighted by atomic mass is 32.2. The van der Waals surface area contributed by atoms with Gasteiger partial charge in [-0.15, -0.1) is 0 Å². The fraction of sp³-hybridized carbons (Fsp3) is 0.462. The fourth-order valence-electron chi connectivity index (χ4n) is 3.87. The summed E-state index contributed by atoms with van der Waals surface area (Å²) in [5.74, 6) is 2.51. The van der Waals surface area contributed by atoms with Crippen molar-refractivity contribution in [2.75, 3.05) is 25.1 Å². The Morgan fingerprint density at radius 2 is 1.58 bits per heavy atom. The zero-order valence-electron chi connectivity index (χ0n) is 21.3. The second kappa shape index (κ2) is 12.7. The van der Waals surface area contributed by atoms with Gasteiger partial charge in [-0.2, -0.15) is 0 Å². The Balaban J connectivity index is 2.33. The zero-order valence-corrected chi connectivity index (χ0v) is 23.0. The predicted octanol–water partition coefficient (Wildman–Crippen LogP) is 2.11. The quantitative estimate of drug-likeness (QED) is 0.336. The van der Waals surface area contributed by atoms with E-state index in [0.29, 0.717) is 17.9 Å². The lowest BCUT2D eigenvalue weighted by Gasteiger charge is -2.33. The predicted molar refractivity (Wildman–Crippen MR) is 145 cm³/mol. The van der Waals surface area contributed by atoms with Crippen molar-refractivity contribution in [2.24, 2.45) is 11.8 Å². The van der Waals surface area contributed by atoms with Gasteiger partial charge in [-0.3, -0.25) is 4.79 Å². The van der Waals surface area contributed by atoms with Crippen LogP contribution in [0.5, 0.6) is 5.75 Å². The average molecular weight is 539 g/mol. The number of aliphatic hydroxyl groups excluding tert-OH is 1. The number of benzene rings is 2. The molecular weight excluding hydrogens is 500 g/mol. The summed E-state index contributed by atoms with van der Waals surface area (Å²) in [5, 5.41) is 23.7. The molecule has 0 radical (unpaired) electrons. The van der Waals surface area contributed by atoms with Crippen molar-refractivity contribution in [3.8, 4) is 5.75 Å². The fourth-order valence-corrected chi connectivity index (χ4v) is 6.72. The van der Waals surface area contributed by atoms with Crippen molar-refractivity contribution in [1.82, 2.24) is 9.62 Å². The van der Waals surface area contributed by atoms with Gasteiger partial charge in [0.05, 0.1) is 27.6 Å². The van der Waals surface area contributed by atoms with Gasteiger partial charge in [0.2, 0.25) is 5.91 Å². The normalized spacial score (nSPS) is 16.3. The highest BCUT2D eigenvalue weighted by molar-refractivity contribution is 7.98. The number of aliphatic hydroxyl groups is 1. The van der Waals surface area contributed by atoms with Gasteiger partial charge in [0.25, 0.3) is 0 Å². The number of hydrogen-bond acceptors (Lipinski definition) is 6. The molecular formula is C26H38N2O6S2. The van der Waals surface area contributed by atoms with E-state index >= 15 is 0 Å². The topological polar surface area (TPSA) is 124 Å². The van der Waals surface area contributed by atoms with Crippen molar-refractivity contribution in [1.29, 1.82) is 0 Å². The van der Waals surface area contributed by atoms with Crippen molar-refractivity contribution >= 4 is 31.3 Å². The maximum absolute atomic E-state index is 13.8. The van der Waals surface area contributed by atoms with E-state index in [-0.39, 0.29) is 24.0 Å². The molecule has 36 heavy (non-hydrogen) atoms. The van der Waals surface area contributed by atoms with Crippen LogP contribution >= 0.6 is 0 Å². The number of rotatable bonds is 13. The van der Waals surface area contributed by atoms with Crippen LogP contribution in [0.3, 0.4) is 0 Å². The molecule has 1 amide bonds. The van der Waals surface area contributed by atoms with E-state index in [1.165, 1.54) is 19.1 Å². The number of phenols is 1. The molecule has 0 aliphatic heterocycles. The summed E-state index contributed by atoms with van der Waals surface area (Å²) in [6, 6.07) is 14.5. The standard InChI is InChI=1S/C26H38N2O6S2/c1-19(2)16-28(36(5,34)23-13-11-22(29)12-14-23)17-25(30)24(15-21-9-7-6-8-10-21)27-26(31)20(3)18-35(4,32)33/h6-14,19-20,24-25,29-30H,5,15-18H2,1-4H3,(H,27,31)/t20-,24+,25-,36?/m1/s1. The number of nitrogens with one attached hydrogen (secondary N) is 1. The summed E-state index contributed by atoms with van der Waals surface area (Å²) >= 11 is 0. The van der Waals surface area contributed by atoms with Crippen molar-refractivity contribution < 1.29 is 27.6 Å². The first-order valence-electron chi connectivity index (χ1n) is 11.8. The van der Waals surface area contributed by atoms with Gasteiger partial charge in [0.1, 0.15) is 15.6 Å². The van der Waals surface area contributed by atoms with Crippen molar-refractivity contribution in [3.05, 3.63) is 60.2 Å². The van der Waals surface area contributed by atoms with Crippen molar-refractivity contribution in [2.45, 2.75) is 44.2 Å². The van der Waals surface area contributed by atoms with Gasteiger partial charge in [-0.05, 0) is 48.0 Å². The van der Waals surface area contributed by atoms with Crippen LogP contribution in [0.15, 0.2) is 59.5 Å². The second-order valence-electron chi connectivity index (χ2n) is 9.74. The Morgan fingerprint density at radius 3 is 2.11 bits per heavy atom. The number of aromatic hydroxyl groups is 1. The van der Waals surface area contributed by atoms with Crippen LogP contribution < -0.4 is 5.32 Å². The summed E-state index contributed by atoms with van der Waals surface area (Å²) < 4.78 is 38.8. The largest absolute Gasteiger partial charge is 0.508 e. The molecule has 0 saturated heterocycles. The average Bonchev–Trinajstić information content (AvgIpc) is 2.77. The minimum Gasteiger partial charge on any atom is -0.508 e. The number of carbonyl (C=O) groups excluding carboxylic acids is 1. The van der Waals surface area contributed by atoms with Crippen LogP contribution in [0, 0.1) is 11.8 Å². The molecule has 0 aliphatic carbocycles. The molecule has 4 atom stereocenters. The molecule has 0 heterocycles. The smallest absolute Gasteiger partial charge is 0.224 e. The summed E-state index contributed by atoms with van der Waals surface area (Å²) in [6.45, 7) is 5.78. The Labute approximate surface area is 215 Å². The molecule has 0 bridgehead atoms. The molecule has 0 spiro atoms. The molecule has 10 heteroatoms. The first-order valence-corrected chi connectivity index (χ1v) is 15.5. The van der Waals surface area contributed by atoms with Gasteiger partial charge >= 0.3 is 0 Å². The van der Waals surface area contributed by atoms with Crippen LogP contribution in [0.2, 0.25) is 0 Å². The summed E-state index contributed by atoms with van der Waals surface area (Å²) in [7, 11) is -6.38. The number of phenolic OH excluding ortho intramolecular Hbond substituents is 1. The van der Waals surface area contributed by atoms with E-state index in [4.69, 9.17) is 0 Å². The van der Waals surface area contributed by atoms with E-state index in [0.717, 1.165) is 11.8 Å². The molecule has 0 fully saturated rings. The molecule has 2 rings (SSSR count). The number of carbonyl (C=O) groups is 1. The van der Waals surface area contributed by atoms with Crippen LogP contribution in [0.1, 0.15) is 26.3 Å². The molecule has 0 aliphatic rings. The lowest BCUT2D eigenvalue weighted by atomic mass is 10.00. The van der Waals surface area contributed by atoms with Crippen molar-refractivity contribution in [3.63, 3.8) is 0 Å². The maximum Gasteiger partial charge on any atom is 0.224 e. The maximum atomic E-state index is 13.8. The third-order valence-corrected chi connectivity index (χ3v) is 8.92. The van der Waals surface area contributed by atoms with Crippen LogP contribution in [0.4, 0.5) is 0 Å². The highest BCUT2D eigenvalue weighted by Crippen LogP contribution is 2.21. The number of hydrogen-bond donors (Lipinski definition) is 3. The van der Waals surface area contributed by atoms with Crippen LogP contribution in [-0.2, 0) is 30.8 Å². The highest BCUT2D eigenvalue weighted by Gasteiger charge is 2.30. The first-order chi connectivity index (χ1) is 16.7. The minimum atomic E-state index is -3.36. The molecule has 1 unspecified atom stereocenters. The van der Waals surface area contributed by atoms with E-state index in [1.54, 1.807) is 16.4 Å². The second-order valence-corrected chi connectivity index (χ2v) is 14.2. The van der Waals surface area contributed by atoms with E-state index < -0.39 is 43.5 Å². The van der Waals surface area contributed by atoms with E-state index in [9.17, 15) is 27.6 Å². The molecule has 0 saturated carbocycles. The number of amides is 1. The van der Waals surface area contributed by atoms with Gasteiger partial charge in [-0.1, -0.05) is 51.1 Å². The number of sulfone groups is 1. The van der Waals surface area contributed by atoms with E-state index in [2.05, 4.69) is 11.2 Å². The lowest BCUT2D eigenvalue weighted by molar-refractivity contribution is -0.125. The van der Waals surface area contributed by atoms with Gasteiger partial charge in [0.15, 0.2) is 0 Å². The summed E-state index contributed by atoms with van der Waals surface area (Å²) in [4.78, 5) is 13.3. The van der Waals surface area contributed by atoms with Crippen LogP contribution in [0.25, 0.3) is 0 Å². The number of nitrogens with zero attached hydrogens (tertiary/aromatic N) is 1. The molecule has 3 N–H and O–H groups in total. The molecule has 200 valence electrons. The Morgan fingerprint density at radius 1 is 1.00 bits per heavy atom. The minimum absolute atomic E-state index is 0.0400. The Bertz CT molecular complexity index is 1200. The van der Waals surface area contributed by atoms with Crippen LogP contribution in [-0.4, -0.2) is 76.2 Å². The lowest BCUT2D eigenvalue weighted by Crippen LogP contribution is -2.52. The monoisotopic (exact) mass is 538 g/mol. The van der Waals surface area contributed by atoms with E-state index in [1.807, 2.05) is 44.2 Å².